The maximum absolute atomic E-state index is 11.8. The van der Waals surface area contributed by atoms with Crippen molar-refractivity contribution in [3.63, 3.8) is 0 Å². The van der Waals surface area contributed by atoms with Gasteiger partial charge in [-0.15, -0.1) is 0 Å². The molecule has 0 aliphatic heterocycles. The molecule has 134 valence electrons. The van der Waals surface area contributed by atoms with Crippen LogP contribution in [-0.4, -0.2) is 24.8 Å². The van der Waals surface area contributed by atoms with Crippen LogP contribution in [0.2, 0.25) is 0 Å². The topological polar surface area (TPSA) is 70.8 Å². The summed E-state index contributed by atoms with van der Waals surface area (Å²) in [4.78, 5) is 11.8. The molecule has 0 aliphatic carbocycles. The average Bonchev–Trinajstić information content (AvgIpc) is 3.14. The van der Waals surface area contributed by atoms with Crippen LogP contribution in [0.3, 0.4) is 0 Å². The largest absolute Gasteiger partial charge is 0.497 e. The van der Waals surface area contributed by atoms with Crippen LogP contribution < -0.4 is 9.47 Å². The molecule has 0 radical (unpaired) electrons. The van der Waals surface area contributed by atoms with Crippen LogP contribution in [0.1, 0.15) is 11.3 Å². The molecular weight excluding hydrogens is 334 g/mol. The molecule has 0 aliphatic rings. The molecular formula is C20H19NO5. The first-order valence-corrected chi connectivity index (χ1v) is 8.09. The fourth-order valence-electron chi connectivity index (χ4n) is 2.24. The van der Waals surface area contributed by atoms with Crippen molar-refractivity contribution < 1.29 is 23.5 Å². The summed E-state index contributed by atoms with van der Waals surface area (Å²) in [5.74, 6) is 1.42. The maximum atomic E-state index is 11.8. The highest BCUT2D eigenvalue weighted by Crippen LogP contribution is 2.21. The van der Waals surface area contributed by atoms with Crippen LogP contribution in [0.5, 0.6) is 11.5 Å². The number of esters is 1. The van der Waals surface area contributed by atoms with Gasteiger partial charge in [0.05, 0.1) is 7.11 Å². The second kappa shape index (κ2) is 8.20. The molecule has 1 heterocycles. The molecule has 0 N–H and O–H groups in total. The second-order valence-corrected chi connectivity index (χ2v) is 5.67. The normalized spacial score (nSPS) is 10.4. The SMILES string of the molecule is COc1ccc(OCC(=O)OCc2cc(-c3ccc(C)cc3)on2)cc1. The number of hydrogen-bond donors (Lipinski definition) is 0. The van der Waals surface area contributed by atoms with Crippen LogP contribution in [-0.2, 0) is 16.1 Å². The third kappa shape index (κ3) is 4.63. The van der Waals surface area contributed by atoms with Gasteiger partial charge in [0.2, 0.25) is 0 Å². The van der Waals surface area contributed by atoms with E-state index in [-0.39, 0.29) is 13.2 Å². The predicted octanol–water partition coefficient (Wildman–Crippen LogP) is 3.78. The highest BCUT2D eigenvalue weighted by molar-refractivity contribution is 5.71. The first-order valence-electron chi connectivity index (χ1n) is 8.09. The Balaban J connectivity index is 1.47. The van der Waals surface area contributed by atoms with E-state index in [1.54, 1.807) is 37.4 Å². The van der Waals surface area contributed by atoms with Gasteiger partial charge in [-0.25, -0.2) is 4.79 Å². The Morgan fingerprint density at radius 2 is 1.73 bits per heavy atom. The van der Waals surface area contributed by atoms with E-state index in [0.717, 1.165) is 11.3 Å². The monoisotopic (exact) mass is 353 g/mol. The Morgan fingerprint density at radius 3 is 2.42 bits per heavy atom. The smallest absolute Gasteiger partial charge is 0.344 e. The molecule has 6 nitrogen and oxygen atoms in total. The van der Waals surface area contributed by atoms with Crippen molar-refractivity contribution in [2.45, 2.75) is 13.5 Å². The summed E-state index contributed by atoms with van der Waals surface area (Å²) in [5, 5.41) is 3.92. The molecule has 0 unspecified atom stereocenters. The number of ether oxygens (including phenoxy) is 3. The summed E-state index contributed by atoms with van der Waals surface area (Å²) in [7, 11) is 1.58. The molecule has 0 saturated heterocycles. The van der Waals surface area contributed by atoms with Crippen LogP contribution in [0.25, 0.3) is 11.3 Å². The molecule has 6 heteroatoms. The Morgan fingerprint density at radius 1 is 1.04 bits per heavy atom. The highest BCUT2D eigenvalue weighted by atomic mass is 16.6. The molecule has 3 aromatic rings. The molecule has 1 aromatic heterocycles. The number of methoxy groups -OCH3 is 1. The van der Waals surface area contributed by atoms with E-state index < -0.39 is 5.97 Å². The van der Waals surface area contributed by atoms with Crippen molar-refractivity contribution in [1.29, 1.82) is 0 Å². The first kappa shape index (κ1) is 17.5. The number of nitrogens with zero attached hydrogens (tertiary/aromatic N) is 1. The van der Waals surface area contributed by atoms with Gasteiger partial charge in [-0.05, 0) is 31.2 Å². The van der Waals surface area contributed by atoms with E-state index in [9.17, 15) is 4.79 Å². The number of aromatic nitrogens is 1. The van der Waals surface area contributed by atoms with Crippen molar-refractivity contribution in [2.75, 3.05) is 13.7 Å². The molecule has 26 heavy (non-hydrogen) atoms. The fraction of sp³-hybridized carbons (Fsp3) is 0.200. The molecule has 2 aromatic carbocycles. The Bertz CT molecular complexity index is 853. The highest BCUT2D eigenvalue weighted by Gasteiger charge is 2.10. The van der Waals surface area contributed by atoms with Crippen LogP contribution in [0.4, 0.5) is 0 Å². The van der Waals surface area contributed by atoms with Gasteiger partial charge < -0.3 is 18.7 Å². The lowest BCUT2D eigenvalue weighted by Crippen LogP contribution is -2.14. The number of benzene rings is 2. The van der Waals surface area contributed by atoms with Gasteiger partial charge in [-0.1, -0.05) is 35.0 Å². The first-order chi connectivity index (χ1) is 12.6. The summed E-state index contributed by atoms with van der Waals surface area (Å²) in [6, 6.07) is 16.6. The number of carbonyl (C=O) groups is 1. The Labute approximate surface area is 151 Å². The molecule has 0 bridgehead atoms. The maximum Gasteiger partial charge on any atom is 0.344 e. The van der Waals surface area contributed by atoms with Gasteiger partial charge in [0.1, 0.15) is 23.8 Å². The van der Waals surface area contributed by atoms with E-state index in [1.165, 1.54) is 5.56 Å². The molecule has 0 saturated carbocycles. The van der Waals surface area contributed by atoms with E-state index in [4.69, 9.17) is 18.7 Å². The molecule has 0 fully saturated rings. The van der Waals surface area contributed by atoms with Crippen molar-refractivity contribution in [1.82, 2.24) is 5.16 Å². The summed E-state index contributed by atoms with van der Waals surface area (Å²) in [6.07, 6.45) is 0. The van der Waals surface area contributed by atoms with Crippen LogP contribution in [0.15, 0.2) is 59.1 Å². The summed E-state index contributed by atoms with van der Waals surface area (Å²) in [5.41, 5.74) is 2.63. The minimum absolute atomic E-state index is 0.0279. The number of rotatable bonds is 7. The van der Waals surface area contributed by atoms with E-state index in [0.29, 0.717) is 17.2 Å². The van der Waals surface area contributed by atoms with Gasteiger partial charge in [0.15, 0.2) is 12.4 Å². The lowest BCUT2D eigenvalue weighted by molar-refractivity contribution is -0.147. The van der Waals surface area contributed by atoms with Crippen molar-refractivity contribution in [3.05, 3.63) is 65.9 Å². The summed E-state index contributed by atoms with van der Waals surface area (Å²) < 4.78 is 20.9. The lowest BCUT2D eigenvalue weighted by Gasteiger charge is -2.06. The van der Waals surface area contributed by atoms with Crippen LogP contribution >= 0.6 is 0 Å². The third-order valence-corrected chi connectivity index (χ3v) is 3.69. The summed E-state index contributed by atoms with van der Waals surface area (Å²) in [6.45, 7) is 1.86. The zero-order valence-corrected chi connectivity index (χ0v) is 14.6. The Hall–Kier alpha value is -3.28. The predicted molar refractivity (Wildman–Crippen MR) is 95.0 cm³/mol. The molecule has 0 spiro atoms. The second-order valence-electron chi connectivity index (χ2n) is 5.67. The third-order valence-electron chi connectivity index (χ3n) is 3.69. The van der Waals surface area contributed by atoms with E-state index in [1.807, 2.05) is 31.2 Å². The van der Waals surface area contributed by atoms with Crippen molar-refractivity contribution >= 4 is 5.97 Å². The van der Waals surface area contributed by atoms with E-state index >= 15 is 0 Å². The zero-order valence-electron chi connectivity index (χ0n) is 14.6. The van der Waals surface area contributed by atoms with Gasteiger partial charge in [0, 0.05) is 11.6 Å². The molecule has 0 amide bonds. The zero-order chi connectivity index (χ0) is 18.4. The summed E-state index contributed by atoms with van der Waals surface area (Å²) >= 11 is 0. The standard InChI is InChI=1S/C20H19NO5/c1-14-3-5-15(6-4-14)19-11-16(21-26-19)12-25-20(22)13-24-18-9-7-17(23-2)8-10-18/h3-11H,12-13H2,1-2H3. The quantitative estimate of drug-likeness (QED) is 0.602. The van der Waals surface area contributed by atoms with E-state index in [2.05, 4.69) is 5.16 Å². The molecule has 0 atom stereocenters. The fourth-order valence-corrected chi connectivity index (χ4v) is 2.24. The lowest BCUT2D eigenvalue weighted by atomic mass is 10.1. The van der Waals surface area contributed by atoms with Crippen molar-refractivity contribution in [3.8, 4) is 22.8 Å². The minimum atomic E-state index is -0.485. The van der Waals surface area contributed by atoms with Gasteiger partial charge >= 0.3 is 5.97 Å². The van der Waals surface area contributed by atoms with Gasteiger partial charge in [-0.3, -0.25) is 0 Å². The average molecular weight is 353 g/mol. The van der Waals surface area contributed by atoms with Crippen LogP contribution in [0, 0.1) is 6.92 Å². The van der Waals surface area contributed by atoms with Crippen molar-refractivity contribution in [2.24, 2.45) is 0 Å². The van der Waals surface area contributed by atoms with Gasteiger partial charge in [0.25, 0.3) is 0 Å². The van der Waals surface area contributed by atoms with Gasteiger partial charge in [-0.2, -0.15) is 0 Å². The Kier molecular flexibility index (Phi) is 5.53. The molecule has 3 rings (SSSR count). The number of carbonyl (C=O) groups excluding carboxylic acids is 1. The number of hydrogen-bond acceptors (Lipinski definition) is 6. The number of aryl methyl sites for hydroxylation is 1. The minimum Gasteiger partial charge on any atom is -0.497 e.